The van der Waals surface area contributed by atoms with E-state index < -0.39 is 0 Å². The lowest BCUT2D eigenvalue weighted by Gasteiger charge is -2.37. The van der Waals surface area contributed by atoms with Crippen molar-refractivity contribution in [3.8, 4) is 0 Å². The van der Waals surface area contributed by atoms with Crippen molar-refractivity contribution in [2.24, 2.45) is 47.3 Å². The fraction of sp³-hybridized carbons (Fsp3) is 1.00. The lowest BCUT2D eigenvalue weighted by Crippen LogP contribution is -2.25. The molecule has 8 N–H and O–H groups in total. The standard InChI is InChI=1S/C16H30.C14H26.4H2O/c1-3-4-14-7-11-16(12-8-14)15-9-5-13(2)6-10-15;1-11-3-7-13(8-4-11)14-9-5-12(2)6-10-14;;;;/h13-16H,3-12H2,1-2H3;11-14H,3-10H2,1-2H3;4*1H2. The SMILES string of the molecule is CC1CCC(C2CCC(C)CC2)CC1.CCCC1CCC(C2CCC(C)CC2)CC1.O.O.O.O. The summed E-state index contributed by atoms with van der Waals surface area (Å²) in [5, 5.41) is 0. The van der Waals surface area contributed by atoms with E-state index in [0.29, 0.717) is 0 Å². The highest BCUT2D eigenvalue weighted by molar-refractivity contribution is 4.81. The van der Waals surface area contributed by atoms with Crippen LogP contribution in [0.15, 0.2) is 0 Å². The molecule has 0 aromatic rings. The average Bonchev–Trinajstić information content (AvgIpc) is 2.77. The summed E-state index contributed by atoms with van der Waals surface area (Å²) in [6.07, 6.45) is 27.4. The molecule has 4 rings (SSSR count). The Kier molecular flexibility index (Phi) is 20.1. The van der Waals surface area contributed by atoms with Crippen LogP contribution in [-0.4, -0.2) is 21.9 Å². The van der Waals surface area contributed by atoms with Crippen LogP contribution in [0.25, 0.3) is 0 Å². The highest BCUT2D eigenvalue weighted by Gasteiger charge is 2.30. The second kappa shape index (κ2) is 19.0. The van der Waals surface area contributed by atoms with Crippen molar-refractivity contribution >= 4 is 0 Å². The molecule has 4 saturated carbocycles. The molecule has 0 aromatic heterocycles. The maximum absolute atomic E-state index is 2.44. The topological polar surface area (TPSA) is 126 Å². The van der Waals surface area contributed by atoms with Crippen LogP contribution in [-0.2, 0) is 0 Å². The third-order valence-corrected chi connectivity index (χ3v) is 10.1. The van der Waals surface area contributed by atoms with Crippen LogP contribution in [0.1, 0.15) is 143 Å². The molecule has 0 unspecified atom stereocenters. The van der Waals surface area contributed by atoms with E-state index in [0.717, 1.165) is 47.3 Å². The van der Waals surface area contributed by atoms with Crippen LogP contribution < -0.4 is 0 Å². The van der Waals surface area contributed by atoms with Crippen molar-refractivity contribution in [3.63, 3.8) is 0 Å². The third-order valence-electron chi connectivity index (χ3n) is 10.1. The van der Waals surface area contributed by atoms with Gasteiger partial charge in [0, 0.05) is 0 Å². The van der Waals surface area contributed by atoms with E-state index in [-0.39, 0.29) is 21.9 Å². The summed E-state index contributed by atoms with van der Waals surface area (Å²) >= 11 is 0. The summed E-state index contributed by atoms with van der Waals surface area (Å²) in [5.41, 5.74) is 0. The molecule has 0 aromatic carbocycles. The maximum atomic E-state index is 2.44. The number of hydrogen-bond acceptors (Lipinski definition) is 0. The summed E-state index contributed by atoms with van der Waals surface area (Å²) < 4.78 is 0. The second-order valence-corrected chi connectivity index (χ2v) is 12.6. The first-order valence-electron chi connectivity index (χ1n) is 14.5. The van der Waals surface area contributed by atoms with Crippen molar-refractivity contribution in [2.75, 3.05) is 0 Å². The molecular formula is C30H64O4. The van der Waals surface area contributed by atoms with Crippen LogP contribution >= 0.6 is 0 Å². The zero-order valence-electron chi connectivity index (χ0n) is 23.3. The van der Waals surface area contributed by atoms with Crippen molar-refractivity contribution in [3.05, 3.63) is 0 Å². The van der Waals surface area contributed by atoms with Crippen molar-refractivity contribution < 1.29 is 21.9 Å². The Morgan fingerprint density at radius 2 is 0.618 bits per heavy atom. The molecule has 0 bridgehead atoms. The molecule has 4 aliphatic carbocycles. The van der Waals surface area contributed by atoms with Gasteiger partial charge >= 0.3 is 0 Å². The molecule has 0 aliphatic heterocycles. The monoisotopic (exact) mass is 488 g/mol. The van der Waals surface area contributed by atoms with Gasteiger partial charge in [-0.15, -0.1) is 0 Å². The first-order valence-corrected chi connectivity index (χ1v) is 14.5. The molecule has 4 fully saturated rings. The summed E-state index contributed by atoms with van der Waals surface area (Å²) in [4.78, 5) is 0. The molecule has 0 atom stereocenters. The molecule has 4 nitrogen and oxygen atoms in total. The maximum Gasteiger partial charge on any atom is -0.0386 e. The summed E-state index contributed by atoms with van der Waals surface area (Å²) in [6.45, 7) is 9.64. The lowest BCUT2D eigenvalue weighted by atomic mass is 9.69. The minimum Gasteiger partial charge on any atom is -0.412 e. The average molecular weight is 489 g/mol. The van der Waals surface area contributed by atoms with Crippen LogP contribution in [0, 0.1) is 47.3 Å². The number of hydrogen-bond donors (Lipinski definition) is 0. The van der Waals surface area contributed by atoms with E-state index >= 15 is 0 Å². The van der Waals surface area contributed by atoms with Crippen molar-refractivity contribution in [1.82, 2.24) is 0 Å². The molecule has 0 spiro atoms. The van der Waals surface area contributed by atoms with Gasteiger partial charge in [-0.25, -0.2) is 0 Å². The molecule has 4 aliphatic rings. The van der Waals surface area contributed by atoms with E-state index in [9.17, 15) is 0 Å². The quantitative estimate of drug-likeness (QED) is 0.414. The smallest absolute Gasteiger partial charge is 0.0386 e. The summed E-state index contributed by atoms with van der Waals surface area (Å²) in [7, 11) is 0. The fourth-order valence-corrected chi connectivity index (χ4v) is 7.63. The molecule has 0 saturated heterocycles. The van der Waals surface area contributed by atoms with E-state index in [1.165, 1.54) is 51.4 Å². The largest absolute Gasteiger partial charge is 0.412 e. The van der Waals surface area contributed by atoms with Gasteiger partial charge in [-0.3, -0.25) is 0 Å². The van der Waals surface area contributed by atoms with Crippen LogP contribution in [0.2, 0.25) is 0 Å². The van der Waals surface area contributed by atoms with Crippen LogP contribution in [0.4, 0.5) is 0 Å². The predicted octanol–water partition coefficient (Wildman–Crippen LogP) is 6.76. The Morgan fingerprint density at radius 3 is 0.853 bits per heavy atom. The Labute approximate surface area is 212 Å². The van der Waals surface area contributed by atoms with Crippen LogP contribution in [0.3, 0.4) is 0 Å². The molecule has 0 radical (unpaired) electrons. The van der Waals surface area contributed by atoms with Crippen molar-refractivity contribution in [1.29, 1.82) is 0 Å². The zero-order valence-corrected chi connectivity index (χ0v) is 23.3. The first kappa shape index (κ1) is 36.0. The Bertz CT molecular complexity index is 419. The first-order chi connectivity index (χ1) is 14.5. The molecule has 208 valence electrons. The van der Waals surface area contributed by atoms with Gasteiger partial charge in [0.05, 0.1) is 0 Å². The van der Waals surface area contributed by atoms with Gasteiger partial charge in [-0.05, 0) is 98.7 Å². The van der Waals surface area contributed by atoms with Gasteiger partial charge in [0.1, 0.15) is 0 Å². The molecular weight excluding hydrogens is 424 g/mol. The van der Waals surface area contributed by atoms with Crippen LogP contribution in [0.5, 0.6) is 0 Å². The third kappa shape index (κ3) is 11.7. The molecule has 4 heteroatoms. The molecule has 34 heavy (non-hydrogen) atoms. The summed E-state index contributed by atoms with van der Waals surface area (Å²) in [5.74, 6) is 8.59. The zero-order chi connectivity index (χ0) is 21.3. The molecule has 0 heterocycles. The van der Waals surface area contributed by atoms with Gasteiger partial charge in [0.25, 0.3) is 0 Å². The Balaban J connectivity index is 0. The lowest BCUT2D eigenvalue weighted by molar-refractivity contribution is 0.147. The minimum atomic E-state index is 0. The van der Waals surface area contributed by atoms with E-state index in [4.69, 9.17) is 0 Å². The Hall–Kier alpha value is -0.160. The van der Waals surface area contributed by atoms with Gasteiger partial charge in [0.2, 0.25) is 0 Å². The number of rotatable bonds is 4. The Morgan fingerprint density at radius 1 is 0.382 bits per heavy atom. The minimum absolute atomic E-state index is 0. The highest BCUT2D eigenvalue weighted by Crippen LogP contribution is 2.42. The summed E-state index contributed by atoms with van der Waals surface area (Å²) in [6, 6.07) is 0. The van der Waals surface area contributed by atoms with E-state index in [1.807, 2.05) is 0 Å². The normalized spacial score (nSPS) is 37.8. The highest BCUT2D eigenvalue weighted by atomic mass is 16.0. The van der Waals surface area contributed by atoms with Gasteiger partial charge in [-0.2, -0.15) is 0 Å². The molecule has 0 amide bonds. The van der Waals surface area contributed by atoms with E-state index in [2.05, 4.69) is 27.7 Å². The van der Waals surface area contributed by atoms with E-state index in [1.54, 1.807) is 64.2 Å². The van der Waals surface area contributed by atoms with Gasteiger partial charge in [0.15, 0.2) is 0 Å². The fourth-order valence-electron chi connectivity index (χ4n) is 7.63. The van der Waals surface area contributed by atoms with Crippen molar-refractivity contribution in [2.45, 2.75) is 143 Å². The van der Waals surface area contributed by atoms with Gasteiger partial charge < -0.3 is 21.9 Å². The van der Waals surface area contributed by atoms with Gasteiger partial charge in [-0.1, -0.05) is 91.9 Å². The predicted molar refractivity (Wildman–Crippen MR) is 148 cm³/mol. The second-order valence-electron chi connectivity index (χ2n) is 12.6.